The lowest BCUT2D eigenvalue weighted by Crippen LogP contribution is -2.26. The lowest BCUT2D eigenvalue weighted by atomic mass is 10.0. The molecule has 0 saturated carbocycles. The summed E-state index contributed by atoms with van der Waals surface area (Å²) in [4.78, 5) is 4.43. The summed E-state index contributed by atoms with van der Waals surface area (Å²) in [6.07, 6.45) is 7.64. The third-order valence-electron chi connectivity index (χ3n) is 9.45. The molecule has 3 heterocycles. The number of thiophene rings is 1. The second-order valence-electron chi connectivity index (χ2n) is 12.1. The van der Waals surface area contributed by atoms with E-state index in [0.717, 1.165) is 6.54 Å². The third-order valence-corrected chi connectivity index (χ3v) is 17.2. The number of benzene rings is 4. The summed E-state index contributed by atoms with van der Waals surface area (Å²) in [5.41, 5.74) is 8.88. The zero-order valence-corrected chi connectivity index (χ0v) is 27.4. The molecule has 7 rings (SSSR count). The molecule has 0 amide bonds. The van der Waals surface area contributed by atoms with Crippen molar-refractivity contribution in [3.63, 3.8) is 0 Å². The minimum atomic E-state index is -0.262. The van der Waals surface area contributed by atoms with Gasteiger partial charge < -0.3 is 0 Å². The first-order valence-corrected chi connectivity index (χ1v) is 20.0. The van der Waals surface area contributed by atoms with Crippen molar-refractivity contribution in [1.82, 2.24) is 4.90 Å². The summed E-state index contributed by atoms with van der Waals surface area (Å²) >= 11 is 1.93. The Morgan fingerprint density at radius 1 is 0.465 bits per heavy atom. The van der Waals surface area contributed by atoms with Crippen LogP contribution in [0.5, 0.6) is 0 Å². The molecule has 43 heavy (non-hydrogen) atoms. The summed E-state index contributed by atoms with van der Waals surface area (Å²) in [7, 11) is -0.524. The molecule has 1 nitrogen and oxygen atoms in total. The molecule has 0 unspecified atom stereocenters. The third kappa shape index (κ3) is 6.74. The Morgan fingerprint density at radius 2 is 0.814 bits per heavy atom. The number of hydrogen-bond donors (Lipinski definition) is 0. The lowest BCUT2D eigenvalue weighted by molar-refractivity contribution is 0.364. The average Bonchev–Trinajstić information content (AvgIpc) is 3.84. The van der Waals surface area contributed by atoms with Crippen LogP contribution >= 0.6 is 27.2 Å². The fraction of sp³-hybridized carbons (Fsp3) is 0.282. The topological polar surface area (TPSA) is 3.24 Å². The minimum absolute atomic E-state index is 0.262. The number of nitrogens with zero attached hydrogens (tertiary/aromatic N) is 1. The Labute approximate surface area is 264 Å². The normalized spacial score (nSPS) is 22.8. The maximum absolute atomic E-state index is 2.93. The first-order chi connectivity index (χ1) is 21.3. The smallest absolute Gasteiger partial charge is 0.0335 e. The van der Waals surface area contributed by atoms with E-state index in [1.165, 1.54) is 43.1 Å². The molecule has 0 N–H and O–H groups in total. The van der Waals surface area contributed by atoms with Crippen LogP contribution in [0.3, 0.4) is 0 Å². The Kier molecular flexibility index (Phi) is 9.49. The van der Waals surface area contributed by atoms with Crippen molar-refractivity contribution in [2.75, 3.05) is 12.6 Å². The van der Waals surface area contributed by atoms with E-state index in [0.29, 0.717) is 22.6 Å². The fourth-order valence-electron chi connectivity index (χ4n) is 7.49. The van der Waals surface area contributed by atoms with E-state index < -0.39 is 0 Å². The Morgan fingerprint density at radius 3 is 1.12 bits per heavy atom. The average molecular weight is 618 g/mol. The van der Waals surface area contributed by atoms with Gasteiger partial charge in [-0.15, -0.1) is 11.3 Å². The Bertz CT molecular complexity index is 1330. The molecule has 2 fully saturated rings. The van der Waals surface area contributed by atoms with E-state index in [9.17, 15) is 0 Å². The maximum atomic E-state index is 2.93. The molecule has 2 aliphatic rings. The predicted octanol–water partition coefficient (Wildman–Crippen LogP) is 12.0. The van der Waals surface area contributed by atoms with E-state index in [4.69, 9.17) is 0 Å². The van der Waals surface area contributed by atoms with Crippen molar-refractivity contribution in [2.24, 2.45) is 0 Å². The van der Waals surface area contributed by atoms with Gasteiger partial charge >= 0.3 is 0 Å². The van der Waals surface area contributed by atoms with Gasteiger partial charge in [-0.1, -0.05) is 143 Å². The van der Waals surface area contributed by atoms with Gasteiger partial charge in [0.05, 0.1) is 0 Å². The standard InChI is InChI=1S/C39H41NP2S/c1-5-14-31(15-6-1)36-23-24-37(32-16-7-2-8-17-32)41(36)29-40(28-35-22-13-27-43-35)30-42-38(33-18-9-3-10-19-33)25-26-39(42)34-20-11-4-12-21-34/h1-22,27,36-39H,23-26,28-30H2/t36-,37-,38+,39+. The monoisotopic (exact) mass is 617 g/mol. The van der Waals surface area contributed by atoms with E-state index >= 15 is 0 Å². The number of rotatable bonds is 10. The summed E-state index contributed by atoms with van der Waals surface area (Å²) < 4.78 is 0. The van der Waals surface area contributed by atoms with Crippen LogP contribution in [0.15, 0.2) is 139 Å². The van der Waals surface area contributed by atoms with Crippen LogP contribution in [-0.2, 0) is 6.54 Å². The predicted molar refractivity (Wildman–Crippen MR) is 189 cm³/mol. The van der Waals surface area contributed by atoms with Crippen LogP contribution in [0.4, 0.5) is 0 Å². The second-order valence-corrected chi connectivity index (χ2v) is 18.2. The van der Waals surface area contributed by atoms with Gasteiger partial charge in [0.2, 0.25) is 0 Å². The quantitative estimate of drug-likeness (QED) is 0.141. The van der Waals surface area contributed by atoms with Crippen LogP contribution in [-0.4, -0.2) is 17.5 Å². The molecule has 4 heteroatoms. The van der Waals surface area contributed by atoms with E-state index in [2.05, 4.69) is 144 Å². The van der Waals surface area contributed by atoms with Crippen LogP contribution in [0.25, 0.3) is 0 Å². The molecule has 0 bridgehead atoms. The highest BCUT2D eigenvalue weighted by atomic mass is 32.1. The van der Waals surface area contributed by atoms with Crippen LogP contribution in [0.1, 0.15) is 75.5 Å². The zero-order chi connectivity index (χ0) is 28.8. The Balaban J connectivity index is 1.24. The largest absolute Gasteiger partial charge is 0.290 e. The van der Waals surface area contributed by atoms with Gasteiger partial charge in [-0.2, -0.15) is 0 Å². The molecule has 218 valence electrons. The van der Waals surface area contributed by atoms with Crippen molar-refractivity contribution >= 4 is 27.2 Å². The van der Waals surface area contributed by atoms with Crippen LogP contribution < -0.4 is 0 Å². The summed E-state index contributed by atoms with van der Waals surface area (Å²) in [5.74, 6) is 0. The maximum Gasteiger partial charge on any atom is 0.0335 e. The highest BCUT2D eigenvalue weighted by Crippen LogP contribution is 2.73. The van der Waals surface area contributed by atoms with Crippen molar-refractivity contribution in [3.05, 3.63) is 166 Å². The van der Waals surface area contributed by atoms with Gasteiger partial charge in [0.1, 0.15) is 0 Å². The van der Waals surface area contributed by atoms with Gasteiger partial charge in [0, 0.05) is 46.6 Å². The summed E-state index contributed by atoms with van der Waals surface area (Å²) in [6, 6.07) is 50.5. The van der Waals surface area contributed by atoms with E-state index in [1.54, 1.807) is 22.3 Å². The molecule has 0 aliphatic carbocycles. The van der Waals surface area contributed by atoms with Gasteiger partial charge in [-0.25, -0.2) is 0 Å². The van der Waals surface area contributed by atoms with Crippen molar-refractivity contribution < 1.29 is 0 Å². The molecule has 5 aromatic rings. The molecule has 2 saturated heterocycles. The highest BCUT2D eigenvalue weighted by Gasteiger charge is 2.41. The Hall–Kier alpha value is -2.60. The molecular formula is C39H41NP2S. The summed E-state index contributed by atoms with van der Waals surface area (Å²) in [6.45, 7) is 1.07. The van der Waals surface area contributed by atoms with Crippen molar-refractivity contribution in [1.29, 1.82) is 0 Å². The van der Waals surface area contributed by atoms with Crippen molar-refractivity contribution in [2.45, 2.75) is 54.9 Å². The fourth-order valence-corrected chi connectivity index (χ4v) is 15.5. The van der Waals surface area contributed by atoms with E-state index in [1.807, 2.05) is 11.3 Å². The molecule has 4 atom stereocenters. The SMILES string of the molecule is c1ccc([C@H]2CC[C@H](c3ccccc3)P2CN(Cc2cccs2)CP2[C@H](c3ccccc3)CC[C@H]2c2ccccc2)cc1. The first-order valence-electron chi connectivity index (χ1n) is 15.8. The van der Waals surface area contributed by atoms with Crippen LogP contribution in [0.2, 0.25) is 0 Å². The first kappa shape index (κ1) is 29.1. The van der Waals surface area contributed by atoms with Crippen LogP contribution in [0, 0.1) is 0 Å². The van der Waals surface area contributed by atoms with Gasteiger partial charge in [0.25, 0.3) is 0 Å². The molecule has 4 aromatic carbocycles. The summed E-state index contributed by atoms with van der Waals surface area (Å²) in [5, 5.41) is 2.26. The van der Waals surface area contributed by atoms with Crippen molar-refractivity contribution in [3.8, 4) is 0 Å². The lowest BCUT2D eigenvalue weighted by Gasteiger charge is -2.37. The molecule has 0 spiro atoms. The van der Waals surface area contributed by atoms with Gasteiger partial charge in [0.15, 0.2) is 0 Å². The number of hydrogen-bond acceptors (Lipinski definition) is 2. The second kappa shape index (κ2) is 14.0. The molecule has 0 radical (unpaired) electrons. The highest BCUT2D eigenvalue weighted by molar-refractivity contribution is 7.59. The van der Waals surface area contributed by atoms with Gasteiger partial charge in [-0.3, -0.25) is 4.90 Å². The molecular weight excluding hydrogens is 576 g/mol. The zero-order valence-electron chi connectivity index (χ0n) is 24.8. The van der Waals surface area contributed by atoms with Gasteiger partial charge in [-0.05, 0) is 59.4 Å². The molecule has 2 aliphatic heterocycles. The molecule has 1 aromatic heterocycles. The minimum Gasteiger partial charge on any atom is -0.290 e. The van der Waals surface area contributed by atoms with E-state index in [-0.39, 0.29) is 15.8 Å².